The molecule has 2 nitrogen and oxygen atoms in total. The maximum absolute atomic E-state index is 13.5. The number of imidazole rings is 1. The van der Waals surface area contributed by atoms with E-state index in [2.05, 4.69) is 4.98 Å². The molecule has 0 atom stereocenters. The van der Waals surface area contributed by atoms with Gasteiger partial charge in [-0.2, -0.15) is 0 Å². The molecule has 0 aliphatic rings. The first-order valence-electron chi connectivity index (χ1n) is 5.83. The van der Waals surface area contributed by atoms with Crippen LogP contribution in [0.4, 0.5) is 8.78 Å². The van der Waals surface area contributed by atoms with Gasteiger partial charge in [0.15, 0.2) is 4.77 Å². The lowest BCUT2D eigenvalue weighted by atomic mass is 10.2. The number of benzene rings is 2. The van der Waals surface area contributed by atoms with E-state index in [1.165, 1.54) is 18.2 Å². The number of nitrogens with zero attached hydrogens (tertiary/aromatic N) is 1. The Morgan fingerprint density at radius 2 is 1.90 bits per heavy atom. The monoisotopic (exact) mass is 310 g/mol. The molecule has 2 aromatic carbocycles. The molecule has 0 saturated heterocycles. The van der Waals surface area contributed by atoms with Crippen LogP contribution in [-0.2, 0) is 0 Å². The molecule has 0 fully saturated rings. The molecule has 0 aliphatic heterocycles. The molecule has 0 amide bonds. The number of H-pyrrole nitrogens is 1. The summed E-state index contributed by atoms with van der Waals surface area (Å²) in [5.74, 6) is -0.804. The Hall–Kier alpha value is -1.72. The zero-order valence-corrected chi connectivity index (χ0v) is 11.9. The van der Waals surface area contributed by atoms with Crippen LogP contribution in [0.25, 0.3) is 16.7 Å². The van der Waals surface area contributed by atoms with Crippen molar-refractivity contribution >= 4 is 34.9 Å². The number of aryl methyl sites for hydroxylation is 1. The van der Waals surface area contributed by atoms with Crippen molar-refractivity contribution in [2.45, 2.75) is 6.92 Å². The lowest BCUT2D eigenvalue weighted by molar-refractivity contribution is 0.618. The van der Waals surface area contributed by atoms with Gasteiger partial charge in [-0.3, -0.25) is 4.57 Å². The van der Waals surface area contributed by atoms with Gasteiger partial charge in [-0.25, -0.2) is 8.78 Å². The number of aromatic nitrogens is 2. The minimum absolute atomic E-state index is 0.0130. The Labute approximate surface area is 123 Å². The van der Waals surface area contributed by atoms with E-state index in [0.29, 0.717) is 27.1 Å². The van der Waals surface area contributed by atoms with E-state index in [0.717, 1.165) is 0 Å². The van der Waals surface area contributed by atoms with Gasteiger partial charge in [0, 0.05) is 11.8 Å². The molecule has 6 heteroatoms. The summed E-state index contributed by atoms with van der Waals surface area (Å²) in [4.78, 5) is 2.91. The molecule has 0 spiro atoms. The van der Waals surface area contributed by atoms with Gasteiger partial charge < -0.3 is 4.98 Å². The van der Waals surface area contributed by atoms with Crippen molar-refractivity contribution in [2.75, 3.05) is 0 Å². The van der Waals surface area contributed by atoms with Gasteiger partial charge in [0.05, 0.1) is 16.1 Å². The Bertz CT molecular complexity index is 883. The second-order valence-corrected chi connectivity index (χ2v) is 5.28. The van der Waals surface area contributed by atoms with E-state index in [1.807, 2.05) is 0 Å². The first-order chi connectivity index (χ1) is 9.47. The van der Waals surface area contributed by atoms with Crippen LogP contribution in [0.3, 0.4) is 0 Å². The third kappa shape index (κ3) is 2.03. The second kappa shape index (κ2) is 4.68. The predicted molar refractivity (Wildman–Crippen MR) is 78.1 cm³/mol. The highest BCUT2D eigenvalue weighted by atomic mass is 35.5. The fourth-order valence-corrected chi connectivity index (χ4v) is 2.60. The van der Waals surface area contributed by atoms with Crippen molar-refractivity contribution < 1.29 is 8.78 Å². The highest BCUT2D eigenvalue weighted by molar-refractivity contribution is 7.71. The maximum Gasteiger partial charge on any atom is 0.182 e. The Kier molecular flexibility index (Phi) is 3.11. The molecule has 0 radical (unpaired) electrons. The van der Waals surface area contributed by atoms with Crippen molar-refractivity contribution in [3.63, 3.8) is 0 Å². The molecule has 102 valence electrons. The van der Waals surface area contributed by atoms with Gasteiger partial charge in [-0.1, -0.05) is 11.6 Å². The fraction of sp³-hybridized carbons (Fsp3) is 0.0714. The average Bonchev–Trinajstić information content (AvgIpc) is 2.69. The van der Waals surface area contributed by atoms with Crippen molar-refractivity contribution in [3.05, 3.63) is 57.3 Å². The van der Waals surface area contributed by atoms with E-state index in [-0.39, 0.29) is 10.8 Å². The normalized spacial score (nSPS) is 11.2. The number of hydrogen-bond acceptors (Lipinski definition) is 1. The van der Waals surface area contributed by atoms with Crippen LogP contribution < -0.4 is 0 Å². The summed E-state index contributed by atoms with van der Waals surface area (Å²) < 4.78 is 28.9. The van der Waals surface area contributed by atoms with Gasteiger partial charge >= 0.3 is 0 Å². The topological polar surface area (TPSA) is 20.7 Å². The summed E-state index contributed by atoms with van der Waals surface area (Å²) in [7, 11) is 0. The molecule has 3 rings (SSSR count). The largest absolute Gasteiger partial charge is 0.330 e. The van der Waals surface area contributed by atoms with Gasteiger partial charge in [0.25, 0.3) is 0 Å². The summed E-state index contributed by atoms with van der Waals surface area (Å²) >= 11 is 11.1. The van der Waals surface area contributed by atoms with E-state index < -0.39 is 5.82 Å². The van der Waals surface area contributed by atoms with Crippen LogP contribution >= 0.6 is 23.8 Å². The number of halogens is 3. The second-order valence-electron chi connectivity index (χ2n) is 4.48. The van der Waals surface area contributed by atoms with Crippen LogP contribution in [0.5, 0.6) is 0 Å². The van der Waals surface area contributed by atoms with Gasteiger partial charge in [0.2, 0.25) is 0 Å². The highest BCUT2D eigenvalue weighted by Crippen LogP contribution is 2.26. The minimum Gasteiger partial charge on any atom is -0.330 e. The van der Waals surface area contributed by atoms with Crippen molar-refractivity contribution in [1.82, 2.24) is 9.55 Å². The molecule has 1 heterocycles. The molecule has 0 saturated carbocycles. The van der Waals surface area contributed by atoms with Crippen LogP contribution in [0, 0.1) is 23.3 Å². The van der Waals surface area contributed by atoms with E-state index >= 15 is 0 Å². The average molecular weight is 311 g/mol. The van der Waals surface area contributed by atoms with Gasteiger partial charge in [0.1, 0.15) is 11.6 Å². The standard InChI is InChI=1S/C14H9ClF2N2S/c1-7-4-8(2-3-10(7)16)19-13-5-9(15)11(17)6-12(13)18-14(19)20/h2-6H,1H3,(H,18,20). The van der Waals surface area contributed by atoms with Crippen LogP contribution in [0.15, 0.2) is 30.3 Å². The van der Waals surface area contributed by atoms with Crippen LogP contribution in [0.1, 0.15) is 5.56 Å². The van der Waals surface area contributed by atoms with Crippen molar-refractivity contribution in [2.24, 2.45) is 0 Å². The molecule has 20 heavy (non-hydrogen) atoms. The number of hydrogen-bond donors (Lipinski definition) is 1. The quantitative estimate of drug-likeness (QED) is 0.632. The Morgan fingerprint density at radius 3 is 2.60 bits per heavy atom. The zero-order valence-electron chi connectivity index (χ0n) is 10.4. The third-order valence-corrected chi connectivity index (χ3v) is 3.70. The molecule has 0 unspecified atom stereocenters. The molecule has 0 aliphatic carbocycles. The summed E-state index contributed by atoms with van der Waals surface area (Å²) in [6.45, 7) is 1.67. The first-order valence-corrected chi connectivity index (χ1v) is 6.62. The highest BCUT2D eigenvalue weighted by Gasteiger charge is 2.11. The Morgan fingerprint density at radius 1 is 1.15 bits per heavy atom. The molecule has 3 aromatic rings. The number of rotatable bonds is 1. The van der Waals surface area contributed by atoms with Crippen LogP contribution in [0.2, 0.25) is 5.02 Å². The summed E-state index contributed by atoms with van der Waals surface area (Å²) in [5, 5.41) is 0.0130. The lowest BCUT2D eigenvalue weighted by Crippen LogP contribution is -1.96. The fourth-order valence-electron chi connectivity index (χ4n) is 2.13. The van der Waals surface area contributed by atoms with Crippen molar-refractivity contribution in [1.29, 1.82) is 0 Å². The number of aromatic amines is 1. The lowest BCUT2D eigenvalue weighted by Gasteiger charge is -2.06. The summed E-state index contributed by atoms with van der Waals surface area (Å²) in [6, 6.07) is 7.45. The molecule has 0 bridgehead atoms. The van der Waals surface area contributed by atoms with Gasteiger partial charge in [-0.15, -0.1) is 0 Å². The summed E-state index contributed by atoms with van der Waals surface area (Å²) in [5.41, 5.74) is 2.39. The van der Waals surface area contributed by atoms with E-state index in [1.54, 1.807) is 23.6 Å². The predicted octanol–water partition coefficient (Wildman–Crippen LogP) is 4.93. The summed E-state index contributed by atoms with van der Waals surface area (Å²) in [6.07, 6.45) is 0. The van der Waals surface area contributed by atoms with E-state index in [4.69, 9.17) is 23.8 Å². The number of fused-ring (bicyclic) bond motifs is 1. The third-order valence-electron chi connectivity index (χ3n) is 3.12. The molecular weight excluding hydrogens is 302 g/mol. The molecular formula is C14H9ClF2N2S. The van der Waals surface area contributed by atoms with Crippen molar-refractivity contribution in [3.8, 4) is 5.69 Å². The molecule has 1 N–H and O–H groups in total. The molecule has 1 aromatic heterocycles. The zero-order chi connectivity index (χ0) is 14.4. The number of nitrogens with one attached hydrogen (secondary N) is 1. The maximum atomic E-state index is 13.5. The smallest absolute Gasteiger partial charge is 0.182 e. The van der Waals surface area contributed by atoms with E-state index in [9.17, 15) is 8.78 Å². The van der Waals surface area contributed by atoms with Gasteiger partial charge in [-0.05, 0) is 49.0 Å². The SMILES string of the molecule is Cc1cc(-n2c(=S)[nH]c3cc(F)c(Cl)cc32)ccc1F. The minimum atomic E-state index is -0.516. The van der Waals surface area contributed by atoms with Crippen LogP contribution in [-0.4, -0.2) is 9.55 Å². The Balaban J connectivity index is 2.35. The first kappa shape index (κ1) is 13.3.